The van der Waals surface area contributed by atoms with Gasteiger partial charge in [-0.3, -0.25) is 0 Å². The van der Waals surface area contributed by atoms with Gasteiger partial charge in [-0.25, -0.2) is 9.37 Å². The second-order valence-electron chi connectivity index (χ2n) is 4.34. The Hall–Kier alpha value is -2.31. The van der Waals surface area contributed by atoms with Crippen molar-refractivity contribution >= 4 is 17.2 Å². The van der Waals surface area contributed by atoms with Crippen molar-refractivity contribution in [3.8, 4) is 0 Å². The van der Waals surface area contributed by atoms with Crippen molar-refractivity contribution in [2.24, 2.45) is 0 Å². The summed E-state index contributed by atoms with van der Waals surface area (Å²) in [4.78, 5) is 3.57. The maximum absolute atomic E-state index is 13.6. The van der Waals surface area contributed by atoms with Gasteiger partial charge in [-0.1, -0.05) is 12.1 Å². The van der Waals surface area contributed by atoms with E-state index >= 15 is 0 Å². The highest BCUT2D eigenvalue weighted by Gasteiger charge is 2.33. The Morgan fingerprint density at radius 1 is 1.10 bits per heavy atom. The molecule has 3 nitrogen and oxygen atoms in total. The number of hydrogen-bond donors (Lipinski definition) is 2. The van der Waals surface area contributed by atoms with E-state index in [1.165, 1.54) is 18.2 Å². The van der Waals surface area contributed by atoms with Crippen LogP contribution in [0.1, 0.15) is 11.3 Å². The number of halogens is 4. The standard InChI is InChI=1S/C13H9F4N3/c14-8-2-1-3-9-11(8)18-6-7-4-5-10(13(15,16)17)20-12(7)19-9/h1-5,18H,6H2,(H,19,20). The summed E-state index contributed by atoms with van der Waals surface area (Å²) in [6, 6.07) is 6.56. The molecular weight excluding hydrogens is 274 g/mol. The van der Waals surface area contributed by atoms with Crippen molar-refractivity contribution < 1.29 is 17.6 Å². The number of hydrogen-bond acceptors (Lipinski definition) is 3. The lowest BCUT2D eigenvalue weighted by Crippen LogP contribution is -2.10. The summed E-state index contributed by atoms with van der Waals surface area (Å²) >= 11 is 0. The highest BCUT2D eigenvalue weighted by Crippen LogP contribution is 2.35. The first-order valence-electron chi connectivity index (χ1n) is 5.81. The molecule has 0 radical (unpaired) electrons. The fourth-order valence-electron chi connectivity index (χ4n) is 2.02. The molecule has 1 aromatic heterocycles. The lowest BCUT2D eigenvalue weighted by atomic mass is 10.2. The van der Waals surface area contributed by atoms with Gasteiger partial charge in [0.15, 0.2) is 0 Å². The molecule has 0 spiro atoms. The second-order valence-corrected chi connectivity index (χ2v) is 4.34. The summed E-state index contributed by atoms with van der Waals surface area (Å²) in [5, 5.41) is 5.59. The number of aromatic nitrogens is 1. The van der Waals surface area contributed by atoms with Gasteiger partial charge in [-0.05, 0) is 18.2 Å². The number of pyridine rings is 1. The number of anilines is 3. The molecular formula is C13H9F4N3. The van der Waals surface area contributed by atoms with Gasteiger partial charge in [0.2, 0.25) is 0 Å². The summed E-state index contributed by atoms with van der Waals surface area (Å²) in [7, 11) is 0. The smallest absolute Gasteiger partial charge is 0.377 e. The Kier molecular flexibility index (Phi) is 2.77. The number of alkyl halides is 3. The predicted octanol–water partition coefficient (Wildman–Crippen LogP) is 3.91. The molecule has 20 heavy (non-hydrogen) atoms. The summed E-state index contributed by atoms with van der Waals surface area (Å²) in [5.74, 6) is -0.393. The van der Waals surface area contributed by atoms with Crippen LogP contribution in [0.2, 0.25) is 0 Å². The average molecular weight is 283 g/mol. The predicted molar refractivity (Wildman–Crippen MR) is 66.2 cm³/mol. The number of fused-ring (bicyclic) bond motifs is 2. The molecule has 0 amide bonds. The first kappa shape index (κ1) is 12.7. The SMILES string of the molecule is Fc1cccc2c1NCc1ccc(C(F)(F)F)nc1N2. The highest BCUT2D eigenvalue weighted by atomic mass is 19.4. The molecule has 3 rings (SSSR count). The molecule has 0 atom stereocenters. The Bertz CT molecular complexity index is 667. The van der Waals surface area contributed by atoms with E-state index in [4.69, 9.17) is 0 Å². The van der Waals surface area contributed by atoms with Crippen molar-refractivity contribution in [1.82, 2.24) is 4.98 Å². The normalized spacial score (nSPS) is 13.6. The van der Waals surface area contributed by atoms with E-state index in [9.17, 15) is 17.6 Å². The summed E-state index contributed by atoms with van der Waals surface area (Å²) in [6.45, 7) is 0.196. The van der Waals surface area contributed by atoms with Crippen molar-refractivity contribution in [1.29, 1.82) is 0 Å². The molecule has 1 aliphatic rings. The number of nitrogens with zero attached hydrogens (tertiary/aromatic N) is 1. The highest BCUT2D eigenvalue weighted by molar-refractivity contribution is 5.76. The molecule has 104 valence electrons. The third-order valence-corrected chi connectivity index (χ3v) is 2.99. The zero-order chi connectivity index (χ0) is 14.3. The second kappa shape index (κ2) is 4.36. The number of para-hydroxylation sites is 1. The van der Waals surface area contributed by atoms with Crippen LogP contribution < -0.4 is 10.6 Å². The fraction of sp³-hybridized carbons (Fsp3) is 0.154. The van der Waals surface area contributed by atoms with Crippen molar-refractivity contribution in [2.75, 3.05) is 10.6 Å². The Morgan fingerprint density at radius 3 is 2.65 bits per heavy atom. The summed E-state index contributed by atoms with van der Waals surface area (Å²) in [6.07, 6.45) is -4.51. The monoisotopic (exact) mass is 283 g/mol. The Morgan fingerprint density at radius 2 is 1.90 bits per heavy atom. The van der Waals surface area contributed by atoms with Crippen LogP contribution in [0, 0.1) is 5.82 Å². The molecule has 2 N–H and O–H groups in total. The molecule has 0 saturated carbocycles. The van der Waals surface area contributed by atoms with E-state index in [0.29, 0.717) is 11.3 Å². The third-order valence-electron chi connectivity index (χ3n) is 2.99. The number of rotatable bonds is 0. The number of nitrogens with one attached hydrogen (secondary N) is 2. The maximum atomic E-state index is 13.6. The Balaban J connectivity index is 2.07. The van der Waals surface area contributed by atoms with E-state index in [-0.39, 0.29) is 18.1 Å². The first-order chi connectivity index (χ1) is 9.45. The molecule has 0 aliphatic carbocycles. The van der Waals surface area contributed by atoms with Crippen LogP contribution in [0.3, 0.4) is 0 Å². The van der Waals surface area contributed by atoms with Crippen LogP contribution >= 0.6 is 0 Å². The maximum Gasteiger partial charge on any atom is 0.433 e. The van der Waals surface area contributed by atoms with E-state index in [0.717, 1.165) is 6.07 Å². The molecule has 0 bridgehead atoms. The van der Waals surface area contributed by atoms with Gasteiger partial charge in [0.1, 0.15) is 17.3 Å². The minimum Gasteiger partial charge on any atom is -0.377 e. The van der Waals surface area contributed by atoms with E-state index in [1.807, 2.05) is 0 Å². The van der Waals surface area contributed by atoms with Gasteiger partial charge >= 0.3 is 6.18 Å². The molecule has 1 aliphatic heterocycles. The van der Waals surface area contributed by atoms with E-state index < -0.39 is 17.7 Å². The number of benzene rings is 1. The lowest BCUT2D eigenvalue weighted by molar-refractivity contribution is -0.141. The van der Waals surface area contributed by atoms with E-state index in [2.05, 4.69) is 15.6 Å². The molecule has 0 unspecified atom stereocenters. The van der Waals surface area contributed by atoms with Crippen LogP contribution in [-0.4, -0.2) is 4.98 Å². The van der Waals surface area contributed by atoms with Gasteiger partial charge in [-0.15, -0.1) is 0 Å². The summed E-state index contributed by atoms with van der Waals surface area (Å²) < 4.78 is 51.6. The molecule has 2 aromatic rings. The van der Waals surface area contributed by atoms with Crippen molar-refractivity contribution in [3.63, 3.8) is 0 Å². The topological polar surface area (TPSA) is 37.0 Å². The van der Waals surface area contributed by atoms with Crippen molar-refractivity contribution in [3.05, 3.63) is 47.4 Å². The molecule has 2 heterocycles. The van der Waals surface area contributed by atoms with Crippen molar-refractivity contribution in [2.45, 2.75) is 12.7 Å². The van der Waals surface area contributed by atoms with Crippen LogP contribution in [0.5, 0.6) is 0 Å². The first-order valence-corrected chi connectivity index (χ1v) is 5.81. The molecule has 1 aromatic carbocycles. The average Bonchev–Trinajstić information content (AvgIpc) is 2.56. The largest absolute Gasteiger partial charge is 0.433 e. The summed E-state index contributed by atoms with van der Waals surface area (Å²) in [5.41, 5.74) is 0.131. The molecule has 0 saturated heterocycles. The minimum absolute atomic E-state index is 0.0803. The lowest BCUT2D eigenvalue weighted by Gasteiger charge is -2.11. The third kappa shape index (κ3) is 2.15. The molecule has 0 fully saturated rings. The van der Waals surface area contributed by atoms with Gasteiger partial charge in [-0.2, -0.15) is 13.2 Å². The zero-order valence-electron chi connectivity index (χ0n) is 10.1. The fourth-order valence-corrected chi connectivity index (χ4v) is 2.02. The van der Waals surface area contributed by atoms with Crippen LogP contribution in [0.4, 0.5) is 34.8 Å². The Labute approximate surface area is 111 Å². The van der Waals surface area contributed by atoms with Crippen LogP contribution in [0.15, 0.2) is 30.3 Å². The van der Waals surface area contributed by atoms with E-state index in [1.54, 1.807) is 6.07 Å². The zero-order valence-corrected chi connectivity index (χ0v) is 10.1. The van der Waals surface area contributed by atoms with Crippen LogP contribution in [-0.2, 0) is 12.7 Å². The van der Waals surface area contributed by atoms with Gasteiger partial charge in [0.05, 0.1) is 11.4 Å². The molecule has 7 heteroatoms. The quantitative estimate of drug-likeness (QED) is 0.720. The van der Waals surface area contributed by atoms with Gasteiger partial charge in [0, 0.05) is 12.1 Å². The minimum atomic E-state index is -4.51. The van der Waals surface area contributed by atoms with Gasteiger partial charge < -0.3 is 10.6 Å². The van der Waals surface area contributed by atoms with Gasteiger partial charge in [0.25, 0.3) is 0 Å². The van der Waals surface area contributed by atoms with Crippen LogP contribution in [0.25, 0.3) is 0 Å².